The van der Waals surface area contributed by atoms with Gasteiger partial charge in [0.1, 0.15) is 0 Å². The first kappa shape index (κ1) is 12.0. The van der Waals surface area contributed by atoms with Crippen LogP contribution in [0.1, 0.15) is 30.3 Å². The van der Waals surface area contributed by atoms with Crippen LogP contribution in [0.2, 0.25) is 0 Å². The molecule has 0 saturated heterocycles. The van der Waals surface area contributed by atoms with Gasteiger partial charge in [-0.05, 0) is 32.2 Å². The maximum atomic E-state index is 4.36. The van der Waals surface area contributed by atoms with Crippen molar-refractivity contribution in [1.29, 1.82) is 0 Å². The Bertz CT molecular complexity index is 275. The van der Waals surface area contributed by atoms with Gasteiger partial charge in [0.2, 0.25) is 0 Å². The van der Waals surface area contributed by atoms with E-state index >= 15 is 0 Å². The van der Waals surface area contributed by atoms with Crippen LogP contribution in [-0.4, -0.2) is 17.6 Å². The second-order valence-corrected chi connectivity index (χ2v) is 4.56. The second-order valence-electron chi connectivity index (χ2n) is 3.62. The van der Waals surface area contributed by atoms with Crippen molar-refractivity contribution in [2.45, 2.75) is 38.6 Å². The number of aromatic nitrogens is 1. The fourth-order valence-electron chi connectivity index (χ4n) is 1.82. The van der Waals surface area contributed by atoms with E-state index < -0.39 is 0 Å². The molecule has 2 nitrogen and oxygen atoms in total. The van der Waals surface area contributed by atoms with E-state index in [0.29, 0.717) is 6.04 Å². The maximum absolute atomic E-state index is 4.36. The molecule has 0 aromatic carbocycles. The normalized spacial score (nSPS) is 19.9. The average molecular weight is 233 g/mol. The summed E-state index contributed by atoms with van der Waals surface area (Å²) in [6.45, 7) is 3.37. The number of nitrogens with zero attached hydrogens (tertiary/aromatic N) is 1. The molecule has 4 heteroatoms. The van der Waals surface area contributed by atoms with Gasteiger partial charge in [0.25, 0.3) is 0 Å². The van der Waals surface area contributed by atoms with Crippen molar-refractivity contribution in [3.8, 4) is 0 Å². The molecule has 80 valence electrons. The zero-order valence-corrected chi connectivity index (χ0v) is 10.1. The van der Waals surface area contributed by atoms with Crippen LogP contribution in [0.25, 0.3) is 0 Å². The summed E-state index contributed by atoms with van der Waals surface area (Å²) >= 11 is 1.81. The van der Waals surface area contributed by atoms with Crippen LogP contribution in [0.15, 0.2) is 5.51 Å². The van der Waals surface area contributed by atoms with Crippen molar-refractivity contribution in [3.63, 3.8) is 0 Å². The lowest BCUT2D eigenvalue weighted by Gasteiger charge is -2.22. The summed E-state index contributed by atoms with van der Waals surface area (Å²) < 4.78 is 0. The summed E-state index contributed by atoms with van der Waals surface area (Å²) in [5.41, 5.74) is 3.33. The van der Waals surface area contributed by atoms with Crippen LogP contribution in [0, 0.1) is 0 Å². The third-order valence-electron chi connectivity index (χ3n) is 2.57. The van der Waals surface area contributed by atoms with Crippen LogP contribution in [0.4, 0.5) is 0 Å². The van der Waals surface area contributed by atoms with Gasteiger partial charge < -0.3 is 5.32 Å². The highest BCUT2D eigenvalue weighted by atomic mass is 35.5. The Morgan fingerprint density at radius 2 is 2.50 bits per heavy atom. The number of hydrogen-bond donors (Lipinski definition) is 1. The van der Waals surface area contributed by atoms with E-state index in [0.717, 1.165) is 6.54 Å². The lowest BCUT2D eigenvalue weighted by molar-refractivity contribution is 0.459. The fraction of sp³-hybridized carbons (Fsp3) is 0.700. The van der Waals surface area contributed by atoms with Gasteiger partial charge in [-0.25, -0.2) is 4.98 Å². The molecule has 1 N–H and O–H groups in total. The van der Waals surface area contributed by atoms with Crippen molar-refractivity contribution in [3.05, 3.63) is 16.1 Å². The van der Waals surface area contributed by atoms with Gasteiger partial charge in [-0.15, -0.1) is 23.7 Å². The van der Waals surface area contributed by atoms with E-state index in [1.807, 2.05) is 16.8 Å². The van der Waals surface area contributed by atoms with Crippen LogP contribution in [-0.2, 0) is 12.8 Å². The number of rotatable bonds is 3. The summed E-state index contributed by atoms with van der Waals surface area (Å²) in [6, 6.07) is 0.702. The Morgan fingerprint density at radius 3 is 3.29 bits per heavy atom. The fourth-order valence-corrected chi connectivity index (χ4v) is 2.72. The van der Waals surface area contributed by atoms with Crippen LogP contribution < -0.4 is 5.32 Å². The molecule has 0 aliphatic heterocycles. The quantitative estimate of drug-likeness (QED) is 0.866. The highest BCUT2D eigenvalue weighted by Crippen LogP contribution is 2.23. The highest BCUT2D eigenvalue weighted by Gasteiger charge is 2.19. The lowest BCUT2D eigenvalue weighted by Crippen LogP contribution is -2.34. The number of aryl methyl sites for hydroxylation is 1. The van der Waals surface area contributed by atoms with Crippen LogP contribution in [0.3, 0.4) is 0 Å². The molecule has 14 heavy (non-hydrogen) atoms. The molecule has 2 rings (SSSR count). The smallest absolute Gasteiger partial charge is 0.0797 e. The minimum atomic E-state index is 0. The molecule has 1 aliphatic rings. The van der Waals surface area contributed by atoms with E-state index in [-0.39, 0.29) is 12.4 Å². The van der Waals surface area contributed by atoms with Crippen LogP contribution >= 0.6 is 23.7 Å². The van der Waals surface area contributed by atoms with E-state index in [4.69, 9.17) is 0 Å². The molecule has 1 atom stereocenters. The van der Waals surface area contributed by atoms with Crippen molar-refractivity contribution < 1.29 is 0 Å². The largest absolute Gasteiger partial charge is 0.314 e. The first-order valence-electron chi connectivity index (χ1n) is 5.04. The molecule has 0 spiro atoms. The number of fused-ring (bicyclic) bond motifs is 1. The Kier molecular flexibility index (Phi) is 4.85. The van der Waals surface area contributed by atoms with E-state index in [1.165, 1.54) is 36.3 Å². The van der Waals surface area contributed by atoms with E-state index in [2.05, 4.69) is 17.2 Å². The topological polar surface area (TPSA) is 24.9 Å². The number of hydrogen-bond acceptors (Lipinski definition) is 3. The monoisotopic (exact) mass is 232 g/mol. The zero-order valence-electron chi connectivity index (χ0n) is 8.45. The zero-order chi connectivity index (χ0) is 9.10. The molecule has 0 bridgehead atoms. The Hall–Kier alpha value is -0.120. The van der Waals surface area contributed by atoms with Gasteiger partial charge in [-0.3, -0.25) is 0 Å². The van der Waals surface area contributed by atoms with Gasteiger partial charge in [0.05, 0.1) is 11.2 Å². The molecule has 1 aromatic rings. The predicted octanol–water partition coefficient (Wildman–Crippen LogP) is 2.42. The van der Waals surface area contributed by atoms with Crippen molar-refractivity contribution in [2.75, 3.05) is 6.54 Å². The number of nitrogens with one attached hydrogen (secondary N) is 1. The highest BCUT2D eigenvalue weighted by molar-refractivity contribution is 7.09. The summed E-state index contributed by atoms with van der Waals surface area (Å²) in [7, 11) is 0. The molecule has 0 radical (unpaired) electrons. The molecule has 0 amide bonds. The molecule has 0 fully saturated rings. The Labute approximate surface area is 95.5 Å². The number of thiazole rings is 1. The second kappa shape index (κ2) is 5.69. The first-order valence-corrected chi connectivity index (χ1v) is 5.92. The molecule has 0 saturated carbocycles. The summed E-state index contributed by atoms with van der Waals surface area (Å²) in [5.74, 6) is 0. The third kappa shape index (κ3) is 2.69. The van der Waals surface area contributed by atoms with E-state index in [9.17, 15) is 0 Å². The standard InChI is InChI=1S/C10H16N2S.ClH/c1-2-5-11-8-3-4-9-10(6-8)13-7-12-9;/h7-8,11H,2-6H2,1H3;1H. The summed E-state index contributed by atoms with van der Waals surface area (Å²) in [5, 5.41) is 3.58. The SMILES string of the molecule is CCCNC1CCc2ncsc2C1.Cl. The Balaban J connectivity index is 0.000000980. The molecule has 1 aliphatic carbocycles. The average Bonchev–Trinajstić information content (AvgIpc) is 2.61. The summed E-state index contributed by atoms with van der Waals surface area (Å²) in [6.07, 6.45) is 4.85. The van der Waals surface area contributed by atoms with Gasteiger partial charge in [-0.1, -0.05) is 6.92 Å². The predicted molar refractivity (Wildman–Crippen MR) is 63.5 cm³/mol. The first-order chi connectivity index (χ1) is 6.40. The molecule has 1 aromatic heterocycles. The molecule has 1 heterocycles. The van der Waals surface area contributed by atoms with Gasteiger partial charge in [0, 0.05) is 10.9 Å². The summed E-state index contributed by atoms with van der Waals surface area (Å²) in [4.78, 5) is 5.86. The minimum Gasteiger partial charge on any atom is -0.314 e. The maximum Gasteiger partial charge on any atom is 0.0797 e. The number of halogens is 1. The van der Waals surface area contributed by atoms with Gasteiger partial charge >= 0.3 is 0 Å². The third-order valence-corrected chi connectivity index (χ3v) is 3.47. The van der Waals surface area contributed by atoms with Crippen molar-refractivity contribution in [2.24, 2.45) is 0 Å². The molecule has 1 unspecified atom stereocenters. The van der Waals surface area contributed by atoms with Gasteiger partial charge in [-0.2, -0.15) is 0 Å². The van der Waals surface area contributed by atoms with Crippen molar-refractivity contribution >= 4 is 23.7 Å². The van der Waals surface area contributed by atoms with Crippen LogP contribution in [0.5, 0.6) is 0 Å². The van der Waals surface area contributed by atoms with Gasteiger partial charge in [0.15, 0.2) is 0 Å². The molecular formula is C10H17ClN2S. The Morgan fingerprint density at radius 1 is 1.64 bits per heavy atom. The minimum absolute atomic E-state index is 0. The van der Waals surface area contributed by atoms with Crippen molar-refractivity contribution in [1.82, 2.24) is 10.3 Å². The lowest BCUT2D eigenvalue weighted by atomic mass is 9.98. The molecular weight excluding hydrogens is 216 g/mol. The van der Waals surface area contributed by atoms with E-state index in [1.54, 1.807) is 0 Å².